The van der Waals surface area contributed by atoms with E-state index in [1.54, 1.807) is 29.9 Å². The van der Waals surface area contributed by atoms with E-state index in [2.05, 4.69) is 24.7 Å². The number of aliphatic hydroxyl groups is 1. The second kappa shape index (κ2) is 9.88. The van der Waals surface area contributed by atoms with Gasteiger partial charge in [-0.1, -0.05) is 0 Å². The van der Waals surface area contributed by atoms with E-state index >= 15 is 0 Å². The fourth-order valence-corrected chi connectivity index (χ4v) is 5.91. The number of pyridine rings is 1. The number of nitrogens with zero attached hydrogens (tertiary/aromatic N) is 5. The molecule has 1 amide bonds. The van der Waals surface area contributed by atoms with Crippen LogP contribution in [-0.4, -0.2) is 71.7 Å². The van der Waals surface area contributed by atoms with Gasteiger partial charge in [0.1, 0.15) is 23.6 Å². The second-order valence-electron chi connectivity index (χ2n) is 8.79. The zero-order valence-electron chi connectivity index (χ0n) is 19.4. The number of nitrogens with one attached hydrogen (secondary N) is 1. The lowest BCUT2D eigenvalue weighted by atomic mass is 9.95. The predicted molar refractivity (Wildman–Crippen MR) is 130 cm³/mol. The van der Waals surface area contributed by atoms with Gasteiger partial charge < -0.3 is 19.9 Å². The molecule has 3 aromatic heterocycles. The summed E-state index contributed by atoms with van der Waals surface area (Å²) in [7, 11) is -2.62. The van der Waals surface area contributed by atoms with Gasteiger partial charge in [-0.2, -0.15) is 9.46 Å². The van der Waals surface area contributed by atoms with Gasteiger partial charge in [-0.15, -0.1) is 0 Å². The Bertz CT molecular complexity index is 1350. The molecule has 186 valence electrons. The van der Waals surface area contributed by atoms with Gasteiger partial charge in [0.2, 0.25) is 5.88 Å². The number of rotatable bonds is 5. The summed E-state index contributed by atoms with van der Waals surface area (Å²) in [5.41, 5.74) is 2.18. The monoisotopic (exact) mass is 500 g/mol. The van der Waals surface area contributed by atoms with Gasteiger partial charge in [-0.25, -0.2) is 18.7 Å². The smallest absolute Gasteiger partial charge is 0.287 e. The number of carbonyl (C=O) groups excluding carboxylic acids is 1. The molecule has 35 heavy (non-hydrogen) atoms. The van der Waals surface area contributed by atoms with Gasteiger partial charge >= 0.3 is 0 Å². The summed E-state index contributed by atoms with van der Waals surface area (Å²) in [5, 5.41) is 17.3. The Morgan fingerprint density at radius 3 is 2.80 bits per heavy atom. The van der Waals surface area contributed by atoms with Crippen LogP contribution in [0.4, 0.5) is 11.5 Å². The largest absolute Gasteiger partial charge is 0.473 e. The number of hydrogen-bond acceptors (Lipinski definition) is 9. The van der Waals surface area contributed by atoms with Crippen LogP contribution in [0.2, 0.25) is 0 Å². The first-order chi connectivity index (χ1) is 16.9. The number of amides is 1. The SMILES string of the molecule is Cc1c(C(=O)N=S2(=O)CCOCC2)cn2ncnc(Nc3cccnc3O[C@H]3CC[C@H](O)CC3)c12. The Labute approximate surface area is 203 Å². The summed E-state index contributed by atoms with van der Waals surface area (Å²) >= 11 is 0. The molecule has 1 saturated carbocycles. The van der Waals surface area contributed by atoms with Gasteiger partial charge in [0.15, 0.2) is 5.82 Å². The van der Waals surface area contributed by atoms with Crippen molar-refractivity contribution in [2.24, 2.45) is 4.36 Å². The molecule has 2 N–H and O–H groups in total. The Morgan fingerprint density at radius 2 is 2.03 bits per heavy atom. The first-order valence-corrected chi connectivity index (χ1v) is 13.5. The summed E-state index contributed by atoms with van der Waals surface area (Å²) < 4.78 is 29.9. The van der Waals surface area contributed by atoms with Crippen molar-refractivity contribution in [3.63, 3.8) is 0 Å². The minimum Gasteiger partial charge on any atom is -0.473 e. The maximum Gasteiger partial charge on any atom is 0.287 e. The molecular weight excluding hydrogens is 472 g/mol. The van der Waals surface area contributed by atoms with Crippen LogP contribution in [0.25, 0.3) is 5.52 Å². The maximum absolute atomic E-state index is 13.0. The number of aromatic nitrogens is 4. The number of anilines is 2. The summed E-state index contributed by atoms with van der Waals surface area (Å²) in [6, 6.07) is 3.63. The lowest BCUT2D eigenvalue weighted by molar-refractivity contribution is 0.0647. The van der Waals surface area contributed by atoms with Crippen molar-refractivity contribution in [2.75, 3.05) is 30.0 Å². The van der Waals surface area contributed by atoms with Crippen LogP contribution >= 0.6 is 0 Å². The van der Waals surface area contributed by atoms with E-state index < -0.39 is 15.6 Å². The lowest BCUT2D eigenvalue weighted by Gasteiger charge is -2.26. The van der Waals surface area contributed by atoms with Crippen molar-refractivity contribution < 1.29 is 23.6 Å². The van der Waals surface area contributed by atoms with Crippen molar-refractivity contribution in [1.82, 2.24) is 19.6 Å². The van der Waals surface area contributed by atoms with Crippen LogP contribution in [0, 0.1) is 6.92 Å². The summed E-state index contributed by atoms with van der Waals surface area (Å²) in [4.78, 5) is 21.7. The topological polar surface area (TPSA) is 140 Å². The standard InChI is InChI=1S/C23H28N6O5S/c1-15-18(22(31)28-35(32)11-9-33-10-12-35)13-29-20(15)21(25-14-26-29)27-19-3-2-8-24-23(19)34-17-6-4-16(30)5-7-17/h2-3,8,13-14,16-17,30H,4-7,9-12H2,1H3,(H,25,26,27)/t16-,17-. The molecule has 0 bridgehead atoms. The Kier molecular flexibility index (Phi) is 6.67. The first-order valence-electron chi connectivity index (χ1n) is 11.7. The molecule has 1 saturated heterocycles. The Balaban J connectivity index is 1.44. The molecule has 5 rings (SSSR count). The predicted octanol–water partition coefficient (Wildman–Crippen LogP) is 2.50. The highest BCUT2D eigenvalue weighted by Gasteiger charge is 2.24. The van der Waals surface area contributed by atoms with Crippen LogP contribution in [0.5, 0.6) is 5.88 Å². The zero-order valence-corrected chi connectivity index (χ0v) is 20.2. The van der Waals surface area contributed by atoms with Crippen LogP contribution in [0.15, 0.2) is 35.2 Å². The molecule has 4 heterocycles. The molecule has 12 heteroatoms. The van der Waals surface area contributed by atoms with Crippen LogP contribution in [0.3, 0.4) is 0 Å². The van der Waals surface area contributed by atoms with E-state index in [9.17, 15) is 14.1 Å². The fraction of sp³-hybridized carbons (Fsp3) is 0.478. The van der Waals surface area contributed by atoms with Gasteiger partial charge in [0, 0.05) is 12.4 Å². The molecule has 0 radical (unpaired) electrons. The molecule has 3 aromatic rings. The number of fused-ring (bicyclic) bond motifs is 1. The Hall–Kier alpha value is -3.09. The van der Waals surface area contributed by atoms with E-state index in [4.69, 9.17) is 9.47 Å². The fourth-order valence-electron chi connectivity index (χ4n) is 4.37. The number of carbonyl (C=O) groups is 1. The Morgan fingerprint density at radius 1 is 1.26 bits per heavy atom. The van der Waals surface area contributed by atoms with Crippen LogP contribution < -0.4 is 10.1 Å². The molecule has 2 fully saturated rings. The van der Waals surface area contributed by atoms with E-state index in [0.29, 0.717) is 60.1 Å². The number of aryl methyl sites for hydroxylation is 1. The highest BCUT2D eigenvalue weighted by Crippen LogP contribution is 2.31. The number of ether oxygens (including phenoxy) is 2. The summed E-state index contributed by atoms with van der Waals surface area (Å²) in [6.07, 6.45) is 7.27. The summed E-state index contributed by atoms with van der Waals surface area (Å²) in [6.45, 7) is 2.46. The van der Waals surface area contributed by atoms with E-state index in [0.717, 1.165) is 12.8 Å². The molecule has 2 aliphatic rings. The minimum atomic E-state index is -2.62. The van der Waals surface area contributed by atoms with Crippen LogP contribution in [-0.2, 0) is 14.5 Å². The molecule has 11 nitrogen and oxygen atoms in total. The molecule has 0 atom stereocenters. The zero-order chi connectivity index (χ0) is 24.4. The van der Waals surface area contributed by atoms with Crippen molar-refractivity contribution in [1.29, 1.82) is 0 Å². The van der Waals surface area contributed by atoms with Crippen molar-refractivity contribution in [3.8, 4) is 5.88 Å². The highest BCUT2D eigenvalue weighted by atomic mass is 32.2. The van der Waals surface area contributed by atoms with Gasteiger partial charge in [-0.05, 0) is 50.3 Å². The first kappa shape index (κ1) is 23.6. The molecule has 0 spiro atoms. The van der Waals surface area contributed by atoms with E-state index in [1.807, 2.05) is 6.07 Å². The third-order valence-corrected chi connectivity index (χ3v) is 8.45. The molecular formula is C23H28N6O5S. The second-order valence-corrected chi connectivity index (χ2v) is 11.3. The average Bonchev–Trinajstić information content (AvgIpc) is 3.19. The average molecular weight is 501 g/mol. The third-order valence-electron chi connectivity index (χ3n) is 6.35. The van der Waals surface area contributed by atoms with Gasteiger partial charge in [0.25, 0.3) is 5.91 Å². The third kappa shape index (κ3) is 5.14. The molecule has 1 aliphatic carbocycles. The van der Waals surface area contributed by atoms with Crippen molar-refractivity contribution in [3.05, 3.63) is 42.0 Å². The summed E-state index contributed by atoms with van der Waals surface area (Å²) in [5.74, 6) is 0.889. The lowest BCUT2D eigenvalue weighted by Crippen LogP contribution is -2.27. The maximum atomic E-state index is 13.0. The van der Waals surface area contributed by atoms with E-state index in [1.165, 1.54) is 6.33 Å². The number of aliphatic hydroxyl groups excluding tert-OH is 1. The quantitative estimate of drug-likeness (QED) is 0.540. The van der Waals surface area contributed by atoms with Gasteiger partial charge in [-0.3, -0.25) is 4.79 Å². The van der Waals surface area contributed by atoms with E-state index in [-0.39, 0.29) is 23.7 Å². The highest BCUT2D eigenvalue weighted by molar-refractivity contribution is 7.94. The minimum absolute atomic E-state index is 0.0211. The van der Waals surface area contributed by atoms with Crippen molar-refractivity contribution >= 4 is 32.7 Å². The molecule has 0 unspecified atom stereocenters. The normalized spacial score (nSPS) is 22.0. The molecule has 1 aliphatic heterocycles. The molecule has 0 aromatic carbocycles. The van der Waals surface area contributed by atoms with Crippen molar-refractivity contribution in [2.45, 2.75) is 44.8 Å². The number of hydrogen-bond donors (Lipinski definition) is 2. The van der Waals surface area contributed by atoms with Crippen LogP contribution in [0.1, 0.15) is 41.6 Å². The van der Waals surface area contributed by atoms with Gasteiger partial charge in [0.05, 0.1) is 46.1 Å².